The Morgan fingerprint density at radius 2 is 1.20 bits per heavy atom. The molecule has 1 nitrogen and oxygen atoms in total. The van der Waals surface area contributed by atoms with Crippen molar-refractivity contribution in [2.75, 3.05) is 0 Å². The van der Waals surface area contributed by atoms with Crippen LogP contribution < -0.4 is 10.9 Å². The molecule has 0 aliphatic heterocycles. The van der Waals surface area contributed by atoms with Gasteiger partial charge in [0.1, 0.15) is 26.9 Å². The summed E-state index contributed by atoms with van der Waals surface area (Å²) in [6.45, 7) is 0. The molecule has 0 aliphatic rings. The van der Waals surface area contributed by atoms with Gasteiger partial charge in [-0.05, 0) is 12.1 Å². The molecule has 2 aromatic carbocycles. The Bertz CT molecular complexity index is 599. The zero-order valence-electron chi connectivity index (χ0n) is 8.87. The first-order valence-corrected chi connectivity index (χ1v) is 5.13. The summed E-state index contributed by atoms with van der Waals surface area (Å²) in [7, 11) is 4.21. The minimum Gasteiger partial charge on any atom is -0.456 e. The van der Waals surface area contributed by atoms with Gasteiger partial charge < -0.3 is 4.42 Å². The summed E-state index contributed by atoms with van der Waals surface area (Å²) in [4.78, 5) is 0. The SMILES string of the molecule is Bc1ccc2oc3ccc(B)cc3c2c1. The molecule has 0 saturated heterocycles. The summed E-state index contributed by atoms with van der Waals surface area (Å²) in [6, 6.07) is 12.6. The van der Waals surface area contributed by atoms with Gasteiger partial charge in [-0.25, -0.2) is 0 Å². The molecule has 3 rings (SSSR count). The van der Waals surface area contributed by atoms with Crippen LogP contribution in [-0.4, -0.2) is 15.7 Å². The minimum atomic E-state index is 0.973. The van der Waals surface area contributed by atoms with Gasteiger partial charge in [-0.1, -0.05) is 35.2 Å². The number of rotatable bonds is 0. The molecular weight excluding hydrogens is 182 g/mol. The Morgan fingerprint density at radius 1 is 0.733 bits per heavy atom. The first-order chi connectivity index (χ1) is 7.24. The number of benzene rings is 2. The molecule has 3 heteroatoms. The predicted octanol–water partition coefficient (Wildman–Crippen LogP) is 0.103. The molecule has 70 valence electrons. The summed E-state index contributed by atoms with van der Waals surface area (Å²) >= 11 is 0. The lowest BCUT2D eigenvalue weighted by Gasteiger charge is -1.93. The summed E-state index contributed by atoms with van der Waals surface area (Å²) in [5, 5.41) is 2.43. The molecule has 1 aromatic heterocycles. The van der Waals surface area contributed by atoms with Gasteiger partial charge >= 0.3 is 0 Å². The van der Waals surface area contributed by atoms with Crippen molar-refractivity contribution in [1.29, 1.82) is 0 Å². The Balaban J connectivity index is 2.55. The smallest absolute Gasteiger partial charge is 0.139 e. The van der Waals surface area contributed by atoms with Crippen molar-refractivity contribution >= 4 is 48.6 Å². The second-order valence-electron chi connectivity index (χ2n) is 4.10. The van der Waals surface area contributed by atoms with Crippen LogP contribution in [0.25, 0.3) is 21.9 Å². The lowest BCUT2D eigenvalue weighted by Crippen LogP contribution is -2.00. The Labute approximate surface area is 89.9 Å². The number of fused-ring (bicyclic) bond motifs is 3. The zero-order chi connectivity index (χ0) is 10.4. The van der Waals surface area contributed by atoms with E-state index in [9.17, 15) is 0 Å². The van der Waals surface area contributed by atoms with E-state index in [1.807, 2.05) is 12.1 Å². The molecule has 0 spiro atoms. The van der Waals surface area contributed by atoms with Crippen molar-refractivity contribution in [2.24, 2.45) is 0 Å². The summed E-state index contributed by atoms with van der Waals surface area (Å²) < 4.78 is 5.76. The van der Waals surface area contributed by atoms with Gasteiger partial charge in [0.2, 0.25) is 0 Å². The van der Waals surface area contributed by atoms with Crippen molar-refractivity contribution in [1.82, 2.24) is 0 Å². The monoisotopic (exact) mass is 192 g/mol. The molecule has 0 atom stereocenters. The van der Waals surface area contributed by atoms with E-state index in [1.54, 1.807) is 0 Å². The summed E-state index contributed by atoms with van der Waals surface area (Å²) in [5.41, 5.74) is 4.49. The maximum Gasteiger partial charge on any atom is 0.139 e. The molecule has 0 unspecified atom stereocenters. The van der Waals surface area contributed by atoms with Crippen molar-refractivity contribution in [3.8, 4) is 0 Å². The van der Waals surface area contributed by atoms with Gasteiger partial charge in [0, 0.05) is 10.8 Å². The van der Waals surface area contributed by atoms with Crippen LogP contribution in [0.15, 0.2) is 40.8 Å². The molecule has 1 heterocycles. The lowest BCUT2D eigenvalue weighted by molar-refractivity contribution is 0.669. The predicted molar refractivity (Wildman–Crippen MR) is 70.1 cm³/mol. The number of furan rings is 1. The first kappa shape index (κ1) is 8.66. The van der Waals surface area contributed by atoms with Crippen LogP contribution in [0.4, 0.5) is 0 Å². The van der Waals surface area contributed by atoms with Crippen molar-refractivity contribution in [2.45, 2.75) is 0 Å². The van der Waals surface area contributed by atoms with Crippen LogP contribution in [0.3, 0.4) is 0 Å². The maximum absolute atomic E-state index is 5.76. The number of hydrogen-bond donors (Lipinski definition) is 0. The third-order valence-electron chi connectivity index (χ3n) is 2.78. The van der Waals surface area contributed by atoms with Gasteiger partial charge in [0.15, 0.2) is 0 Å². The zero-order valence-corrected chi connectivity index (χ0v) is 8.87. The second-order valence-corrected chi connectivity index (χ2v) is 4.10. The highest BCUT2D eigenvalue weighted by Gasteiger charge is 2.05. The highest BCUT2D eigenvalue weighted by atomic mass is 16.3. The van der Waals surface area contributed by atoms with E-state index >= 15 is 0 Å². The van der Waals surface area contributed by atoms with E-state index in [-0.39, 0.29) is 0 Å². The van der Waals surface area contributed by atoms with Crippen LogP contribution in [0.5, 0.6) is 0 Å². The van der Waals surface area contributed by atoms with Gasteiger partial charge in [-0.15, -0.1) is 0 Å². The quantitative estimate of drug-likeness (QED) is 0.460. The first-order valence-electron chi connectivity index (χ1n) is 5.13. The fourth-order valence-electron chi connectivity index (χ4n) is 2.01. The van der Waals surface area contributed by atoms with Crippen molar-refractivity contribution in [3.63, 3.8) is 0 Å². The van der Waals surface area contributed by atoms with Crippen LogP contribution in [0.2, 0.25) is 0 Å². The molecule has 0 N–H and O–H groups in total. The van der Waals surface area contributed by atoms with Crippen LogP contribution in [-0.2, 0) is 0 Å². The molecular formula is C12H10B2O. The molecule has 3 aromatic rings. The summed E-state index contributed by atoms with van der Waals surface area (Å²) in [6.07, 6.45) is 0. The van der Waals surface area contributed by atoms with Gasteiger partial charge in [0.25, 0.3) is 0 Å². The van der Waals surface area contributed by atoms with Crippen LogP contribution in [0.1, 0.15) is 0 Å². The molecule has 0 saturated carbocycles. The molecule has 0 amide bonds. The fraction of sp³-hybridized carbons (Fsp3) is 0. The molecule has 0 bridgehead atoms. The molecule has 0 fully saturated rings. The Hall–Kier alpha value is -1.63. The highest BCUT2D eigenvalue weighted by molar-refractivity contribution is 6.35. The average Bonchev–Trinajstić information content (AvgIpc) is 2.56. The normalized spacial score (nSPS) is 11.2. The van der Waals surface area contributed by atoms with Gasteiger partial charge in [0.05, 0.1) is 0 Å². The van der Waals surface area contributed by atoms with Crippen molar-refractivity contribution in [3.05, 3.63) is 36.4 Å². The van der Waals surface area contributed by atoms with Crippen LogP contribution >= 0.6 is 0 Å². The Morgan fingerprint density at radius 3 is 1.67 bits per heavy atom. The third kappa shape index (κ3) is 1.27. The lowest BCUT2D eigenvalue weighted by atomic mass is 9.92. The largest absolute Gasteiger partial charge is 0.456 e. The van der Waals surface area contributed by atoms with Crippen LogP contribution in [0, 0.1) is 0 Å². The minimum absolute atomic E-state index is 0.973. The van der Waals surface area contributed by atoms with E-state index in [0.717, 1.165) is 11.2 Å². The fourth-order valence-corrected chi connectivity index (χ4v) is 2.01. The maximum atomic E-state index is 5.76. The topological polar surface area (TPSA) is 13.1 Å². The van der Waals surface area contributed by atoms with E-state index in [0.29, 0.717) is 0 Å². The summed E-state index contributed by atoms with van der Waals surface area (Å²) in [5.74, 6) is 0. The average molecular weight is 192 g/mol. The molecule has 0 radical (unpaired) electrons. The van der Waals surface area contributed by atoms with E-state index < -0.39 is 0 Å². The van der Waals surface area contributed by atoms with Gasteiger partial charge in [-0.2, -0.15) is 0 Å². The Kier molecular flexibility index (Phi) is 1.69. The number of hydrogen-bond acceptors (Lipinski definition) is 1. The standard InChI is InChI=1S/C12H10B2O/c13-7-1-3-11-9(5-7)10-6-8(14)2-4-12(10)15-11/h1-6H,13-14H2. The van der Waals surface area contributed by atoms with Crippen molar-refractivity contribution < 1.29 is 4.42 Å². The van der Waals surface area contributed by atoms with E-state index in [2.05, 4.69) is 40.0 Å². The second kappa shape index (κ2) is 2.93. The van der Waals surface area contributed by atoms with E-state index in [4.69, 9.17) is 4.42 Å². The third-order valence-corrected chi connectivity index (χ3v) is 2.78. The van der Waals surface area contributed by atoms with Gasteiger partial charge in [-0.3, -0.25) is 0 Å². The highest BCUT2D eigenvalue weighted by Crippen LogP contribution is 2.26. The molecule has 15 heavy (non-hydrogen) atoms. The molecule has 0 aliphatic carbocycles. The van der Waals surface area contributed by atoms with E-state index in [1.165, 1.54) is 21.7 Å².